The first-order chi connectivity index (χ1) is 9.77. The molecule has 3 heteroatoms. The molecule has 0 aliphatic heterocycles. The maximum Gasteiger partial charge on any atom is 0.265 e. The van der Waals surface area contributed by atoms with E-state index in [1.54, 1.807) is 0 Å². The number of nitrogen functional groups attached to an aromatic ring is 1. The fourth-order valence-corrected chi connectivity index (χ4v) is 2.37. The Morgan fingerprint density at radius 1 is 0.950 bits per heavy atom. The van der Waals surface area contributed by atoms with E-state index in [1.165, 1.54) is 56.9 Å². The van der Waals surface area contributed by atoms with Crippen LogP contribution in [0.15, 0.2) is 24.3 Å². The number of amides is 1. The summed E-state index contributed by atoms with van der Waals surface area (Å²) in [6.45, 7) is 2.25. The number of aryl methyl sites for hydroxylation is 1. The Bertz CT molecular complexity index is 373. The number of hydrogen-bond acceptors (Lipinski definition) is 2. The Morgan fingerprint density at radius 2 is 1.50 bits per heavy atom. The summed E-state index contributed by atoms with van der Waals surface area (Å²) >= 11 is 0. The Hall–Kier alpha value is -1.35. The molecule has 0 saturated heterocycles. The lowest BCUT2D eigenvalue weighted by atomic mass is 10.0. The van der Waals surface area contributed by atoms with Gasteiger partial charge in [0.15, 0.2) is 0 Å². The third-order valence-corrected chi connectivity index (χ3v) is 3.67. The lowest BCUT2D eigenvalue weighted by Crippen LogP contribution is -2.29. The highest BCUT2D eigenvalue weighted by atomic mass is 16.2. The minimum Gasteiger partial charge on any atom is -0.290 e. The van der Waals surface area contributed by atoms with E-state index in [0.29, 0.717) is 5.56 Å². The minimum absolute atomic E-state index is 0.233. The van der Waals surface area contributed by atoms with Crippen molar-refractivity contribution >= 4 is 5.91 Å². The van der Waals surface area contributed by atoms with Crippen LogP contribution in [-0.2, 0) is 6.42 Å². The molecule has 0 aliphatic carbocycles. The van der Waals surface area contributed by atoms with E-state index in [1.807, 2.05) is 24.3 Å². The van der Waals surface area contributed by atoms with Crippen LogP contribution in [0.2, 0.25) is 0 Å². The highest BCUT2D eigenvalue weighted by Gasteiger charge is 2.02. The molecule has 20 heavy (non-hydrogen) atoms. The smallest absolute Gasteiger partial charge is 0.265 e. The van der Waals surface area contributed by atoms with Crippen molar-refractivity contribution in [1.29, 1.82) is 0 Å². The van der Waals surface area contributed by atoms with Crippen LogP contribution in [-0.4, -0.2) is 5.91 Å². The normalized spacial score (nSPS) is 10.5. The van der Waals surface area contributed by atoms with Crippen LogP contribution >= 0.6 is 0 Å². The molecule has 112 valence electrons. The van der Waals surface area contributed by atoms with Crippen molar-refractivity contribution in [1.82, 2.24) is 5.43 Å². The van der Waals surface area contributed by atoms with E-state index in [-0.39, 0.29) is 5.91 Å². The number of nitrogens with one attached hydrogen (secondary N) is 1. The Morgan fingerprint density at radius 3 is 2.05 bits per heavy atom. The molecule has 0 saturated carbocycles. The van der Waals surface area contributed by atoms with Crippen LogP contribution in [0.3, 0.4) is 0 Å². The number of carbonyl (C=O) groups excluding carboxylic acids is 1. The summed E-state index contributed by atoms with van der Waals surface area (Å²) in [6.07, 6.45) is 11.8. The van der Waals surface area contributed by atoms with Crippen LogP contribution in [0.4, 0.5) is 0 Å². The second kappa shape index (κ2) is 10.4. The Balaban J connectivity index is 2.11. The van der Waals surface area contributed by atoms with Crippen molar-refractivity contribution in [3.8, 4) is 0 Å². The van der Waals surface area contributed by atoms with Crippen molar-refractivity contribution in [2.24, 2.45) is 5.84 Å². The first-order valence-electron chi connectivity index (χ1n) is 7.87. The van der Waals surface area contributed by atoms with Crippen LogP contribution in [0, 0.1) is 0 Å². The van der Waals surface area contributed by atoms with Crippen LogP contribution in [0.25, 0.3) is 0 Å². The lowest BCUT2D eigenvalue weighted by Gasteiger charge is -2.04. The van der Waals surface area contributed by atoms with Gasteiger partial charge in [-0.1, -0.05) is 64.0 Å². The largest absolute Gasteiger partial charge is 0.290 e. The quantitative estimate of drug-likeness (QED) is 0.294. The van der Waals surface area contributed by atoms with E-state index in [0.717, 1.165) is 6.42 Å². The summed E-state index contributed by atoms with van der Waals surface area (Å²) < 4.78 is 0. The molecule has 0 unspecified atom stereocenters. The summed E-state index contributed by atoms with van der Waals surface area (Å²) in [6, 6.07) is 7.71. The molecule has 0 spiro atoms. The van der Waals surface area contributed by atoms with Crippen molar-refractivity contribution in [3.63, 3.8) is 0 Å². The molecular formula is C17H28N2O. The summed E-state index contributed by atoms with van der Waals surface area (Å²) in [7, 11) is 0. The Labute approximate surface area is 122 Å². The molecule has 1 aromatic carbocycles. The highest BCUT2D eigenvalue weighted by molar-refractivity contribution is 5.93. The first kappa shape index (κ1) is 16.7. The van der Waals surface area contributed by atoms with Gasteiger partial charge in [-0.25, -0.2) is 5.84 Å². The number of unbranched alkanes of at least 4 members (excludes halogenated alkanes) is 7. The average molecular weight is 276 g/mol. The number of carbonyl (C=O) groups is 1. The molecule has 0 heterocycles. The van der Waals surface area contributed by atoms with E-state index in [4.69, 9.17) is 5.84 Å². The molecule has 0 aromatic heterocycles. The summed E-state index contributed by atoms with van der Waals surface area (Å²) in [5.41, 5.74) is 4.06. The molecular weight excluding hydrogens is 248 g/mol. The number of rotatable bonds is 10. The number of hydrazine groups is 1. The van der Waals surface area contributed by atoms with Gasteiger partial charge in [0.1, 0.15) is 0 Å². The van der Waals surface area contributed by atoms with Gasteiger partial charge in [-0.3, -0.25) is 10.2 Å². The standard InChI is InChI=1S/C17H28N2O/c1-2-3-4-5-6-7-8-9-10-15-11-13-16(14-12-15)17(20)19-18/h11-14H,2-10,18H2,1H3,(H,19,20). The van der Waals surface area contributed by atoms with E-state index in [2.05, 4.69) is 12.3 Å². The first-order valence-corrected chi connectivity index (χ1v) is 7.87. The SMILES string of the molecule is CCCCCCCCCCc1ccc(C(=O)NN)cc1. The van der Waals surface area contributed by atoms with Gasteiger partial charge in [0.05, 0.1) is 0 Å². The van der Waals surface area contributed by atoms with Crippen molar-refractivity contribution in [3.05, 3.63) is 35.4 Å². The van der Waals surface area contributed by atoms with E-state index >= 15 is 0 Å². The molecule has 3 nitrogen and oxygen atoms in total. The van der Waals surface area contributed by atoms with Gasteiger partial charge in [0.25, 0.3) is 5.91 Å². The topological polar surface area (TPSA) is 55.1 Å². The molecule has 0 radical (unpaired) electrons. The maximum atomic E-state index is 11.3. The molecule has 1 amide bonds. The van der Waals surface area contributed by atoms with Gasteiger partial charge in [0.2, 0.25) is 0 Å². The van der Waals surface area contributed by atoms with E-state index in [9.17, 15) is 4.79 Å². The molecule has 3 N–H and O–H groups in total. The van der Waals surface area contributed by atoms with Gasteiger partial charge in [-0.15, -0.1) is 0 Å². The fourth-order valence-electron chi connectivity index (χ4n) is 2.37. The predicted octanol–water partition coefficient (Wildman–Crippen LogP) is 3.97. The maximum absolute atomic E-state index is 11.3. The second-order valence-electron chi connectivity index (χ2n) is 5.40. The van der Waals surface area contributed by atoms with Crippen molar-refractivity contribution in [2.75, 3.05) is 0 Å². The van der Waals surface area contributed by atoms with Gasteiger partial charge in [-0.05, 0) is 30.5 Å². The average Bonchev–Trinajstić information content (AvgIpc) is 2.50. The van der Waals surface area contributed by atoms with Gasteiger partial charge < -0.3 is 0 Å². The van der Waals surface area contributed by atoms with Gasteiger partial charge in [-0.2, -0.15) is 0 Å². The minimum atomic E-state index is -0.233. The molecule has 0 atom stereocenters. The molecule has 1 aromatic rings. The van der Waals surface area contributed by atoms with Gasteiger partial charge in [0, 0.05) is 5.56 Å². The van der Waals surface area contributed by atoms with Crippen molar-refractivity contribution in [2.45, 2.75) is 64.7 Å². The number of benzene rings is 1. The highest BCUT2D eigenvalue weighted by Crippen LogP contribution is 2.12. The summed E-state index contributed by atoms with van der Waals surface area (Å²) in [4.78, 5) is 11.3. The monoisotopic (exact) mass is 276 g/mol. The lowest BCUT2D eigenvalue weighted by molar-refractivity contribution is 0.0953. The zero-order valence-corrected chi connectivity index (χ0v) is 12.7. The van der Waals surface area contributed by atoms with Gasteiger partial charge >= 0.3 is 0 Å². The zero-order valence-electron chi connectivity index (χ0n) is 12.7. The molecule has 0 bridgehead atoms. The Kier molecular flexibility index (Phi) is 8.72. The summed E-state index contributed by atoms with van der Waals surface area (Å²) in [5.74, 6) is 4.87. The zero-order chi connectivity index (χ0) is 14.6. The van der Waals surface area contributed by atoms with Crippen LogP contribution in [0.1, 0.15) is 74.2 Å². The third-order valence-electron chi connectivity index (χ3n) is 3.67. The number of nitrogens with two attached hydrogens (primary N) is 1. The molecule has 0 fully saturated rings. The molecule has 1 rings (SSSR count). The van der Waals surface area contributed by atoms with E-state index < -0.39 is 0 Å². The van der Waals surface area contributed by atoms with Crippen LogP contribution < -0.4 is 11.3 Å². The third kappa shape index (κ3) is 6.71. The molecule has 0 aliphatic rings. The number of hydrogen-bond donors (Lipinski definition) is 2. The fraction of sp³-hybridized carbons (Fsp3) is 0.588. The predicted molar refractivity (Wildman–Crippen MR) is 84.4 cm³/mol. The second-order valence-corrected chi connectivity index (χ2v) is 5.40. The summed E-state index contributed by atoms with van der Waals surface area (Å²) in [5, 5.41) is 0. The van der Waals surface area contributed by atoms with Crippen molar-refractivity contribution < 1.29 is 4.79 Å². The van der Waals surface area contributed by atoms with Crippen LogP contribution in [0.5, 0.6) is 0 Å².